The highest BCUT2D eigenvalue weighted by Crippen LogP contribution is 2.33. The number of carboxylic acids is 2. The van der Waals surface area contributed by atoms with Gasteiger partial charge < -0.3 is 10.2 Å². The first kappa shape index (κ1) is 16.5. The van der Waals surface area contributed by atoms with Gasteiger partial charge in [-0.15, -0.1) is 0 Å². The molecule has 0 aromatic rings. The maximum atomic E-state index is 9.64. The van der Waals surface area contributed by atoms with Crippen LogP contribution in [-0.2, 0) is 9.59 Å². The van der Waals surface area contributed by atoms with Gasteiger partial charge in [0.15, 0.2) is 0 Å². The van der Waals surface area contributed by atoms with E-state index in [4.69, 9.17) is 15.2 Å². The number of carboxylic acid groups (broad SMARTS) is 2. The van der Waals surface area contributed by atoms with Crippen molar-refractivity contribution in [1.29, 1.82) is 0 Å². The summed E-state index contributed by atoms with van der Waals surface area (Å²) in [6.07, 6.45) is 13.3. The van der Waals surface area contributed by atoms with Crippen LogP contribution in [0.5, 0.6) is 0 Å². The summed E-state index contributed by atoms with van der Waals surface area (Å²) in [6, 6.07) is 0.564. The molecule has 0 spiro atoms. The van der Waals surface area contributed by atoms with E-state index in [0.717, 1.165) is 0 Å². The summed E-state index contributed by atoms with van der Waals surface area (Å²) in [5, 5.41) is 15.8. The van der Waals surface area contributed by atoms with E-state index in [9.17, 15) is 9.59 Å². The van der Waals surface area contributed by atoms with Crippen molar-refractivity contribution in [2.24, 2.45) is 4.99 Å². The number of fused-ring (bicyclic) bond motifs is 2. The van der Waals surface area contributed by atoms with Crippen molar-refractivity contribution in [2.45, 2.75) is 63.8 Å². The second-order valence-electron chi connectivity index (χ2n) is 5.90. The molecule has 1 atom stereocenters. The molecule has 3 rings (SSSR count). The average Bonchev–Trinajstić information content (AvgIpc) is 2.51. The molecule has 0 aromatic heterocycles. The molecule has 22 heavy (non-hydrogen) atoms. The van der Waals surface area contributed by atoms with Gasteiger partial charge in [-0.1, -0.05) is 18.6 Å². The maximum absolute atomic E-state index is 9.64. The summed E-state index contributed by atoms with van der Waals surface area (Å²) in [5.41, 5.74) is 4.45. The molecular weight excluding hydrogens is 282 g/mol. The van der Waals surface area contributed by atoms with Crippen molar-refractivity contribution >= 4 is 17.7 Å². The lowest BCUT2D eigenvalue weighted by Gasteiger charge is -2.29. The average molecular weight is 305 g/mol. The maximum Gasteiger partial charge on any atom is 0.303 e. The summed E-state index contributed by atoms with van der Waals surface area (Å²) in [4.78, 5) is 24.2. The first-order valence-corrected chi connectivity index (χ1v) is 7.97. The van der Waals surface area contributed by atoms with Crippen LogP contribution in [0.3, 0.4) is 0 Å². The predicted molar refractivity (Wildman–Crippen MR) is 84.2 cm³/mol. The molecule has 0 saturated heterocycles. The Morgan fingerprint density at radius 1 is 1.09 bits per heavy atom. The van der Waals surface area contributed by atoms with E-state index in [2.05, 4.69) is 12.2 Å². The van der Waals surface area contributed by atoms with Crippen molar-refractivity contribution in [2.75, 3.05) is 0 Å². The summed E-state index contributed by atoms with van der Waals surface area (Å²) < 4.78 is 0. The van der Waals surface area contributed by atoms with Gasteiger partial charge in [-0.05, 0) is 49.7 Å². The fraction of sp³-hybridized carbons (Fsp3) is 0.588. The van der Waals surface area contributed by atoms with Gasteiger partial charge in [-0.3, -0.25) is 14.6 Å². The summed E-state index contributed by atoms with van der Waals surface area (Å²) in [6.45, 7) is 0. The minimum absolute atomic E-state index is 0.296. The van der Waals surface area contributed by atoms with Crippen molar-refractivity contribution < 1.29 is 19.8 Å². The Hall–Kier alpha value is -1.91. The van der Waals surface area contributed by atoms with Crippen LogP contribution in [0.15, 0.2) is 28.3 Å². The first-order valence-electron chi connectivity index (χ1n) is 7.97. The summed E-state index contributed by atoms with van der Waals surface area (Å²) in [5.74, 6) is -2.15. The topological polar surface area (TPSA) is 87.0 Å². The van der Waals surface area contributed by atoms with Crippen molar-refractivity contribution in [3.8, 4) is 0 Å². The third-order valence-corrected chi connectivity index (χ3v) is 4.14. The zero-order valence-electron chi connectivity index (χ0n) is 12.8. The van der Waals surface area contributed by atoms with E-state index in [-0.39, 0.29) is 12.8 Å². The zero-order valence-corrected chi connectivity index (χ0v) is 12.8. The minimum atomic E-state index is -1.08. The highest BCUT2D eigenvalue weighted by Gasteiger charge is 2.24. The molecule has 1 heterocycles. The Labute approximate surface area is 130 Å². The quantitative estimate of drug-likeness (QED) is 0.837. The standard InChI is InChI=1S/C13H17N.C4H6O4/c1-3-7-12-10(5-1)9-11-6-2-4-8-13(11)14-12;5-3(6)1-2-4(7)8/h5,9,13H,1-4,6-8H2;1-2H2,(H,5,6)(H,7,8). The van der Waals surface area contributed by atoms with Gasteiger partial charge in [-0.25, -0.2) is 0 Å². The largest absolute Gasteiger partial charge is 0.481 e. The van der Waals surface area contributed by atoms with E-state index >= 15 is 0 Å². The molecule has 5 heteroatoms. The molecule has 1 aliphatic heterocycles. The molecule has 1 saturated carbocycles. The molecule has 0 amide bonds. The van der Waals surface area contributed by atoms with Crippen LogP contribution in [0.4, 0.5) is 0 Å². The summed E-state index contributed by atoms with van der Waals surface area (Å²) >= 11 is 0. The molecule has 3 aliphatic rings. The number of aliphatic imine (C=N–C) groups is 1. The molecule has 0 aromatic carbocycles. The SMILES string of the molecule is C1=C2C=C3CCCCC3N=C2CCC1.O=C(O)CCC(=O)O. The fourth-order valence-corrected chi connectivity index (χ4v) is 3.01. The fourth-order valence-electron chi connectivity index (χ4n) is 3.01. The molecule has 1 fully saturated rings. The molecule has 120 valence electrons. The van der Waals surface area contributed by atoms with Gasteiger partial charge in [0.2, 0.25) is 0 Å². The highest BCUT2D eigenvalue weighted by molar-refractivity contribution is 6.04. The molecule has 0 radical (unpaired) electrons. The number of carbonyl (C=O) groups is 2. The first-order chi connectivity index (χ1) is 10.6. The van der Waals surface area contributed by atoms with Gasteiger partial charge in [0.25, 0.3) is 0 Å². The van der Waals surface area contributed by atoms with Gasteiger partial charge in [0.05, 0.1) is 18.9 Å². The number of allylic oxidation sites excluding steroid dienone is 3. The minimum Gasteiger partial charge on any atom is -0.481 e. The third kappa shape index (κ3) is 4.83. The lowest BCUT2D eigenvalue weighted by atomic mass is 9.83. The predicted octanol–water partition coefficient (Wildman–Crippen LogP) is 3.36. The van der Waals surface area contributed by atoms with Crippen LogP contribution in [0.2, 0.25) is 0 Å². The number of rotatable bonds is 3. The van der Waals surface area contributed by atoms with Crippen LogP contribution in [0, 0.1) is 0 Å². The number of hydrogen-bond acceptors (Lipinski definition) is 3. The van der Waals surface area contributed by atoms with Gasteiger partial charge in [0.1, 0.15) is 0 Å². The van der Waals surface area contributed by atoms with E-state index in [1.165, 1.54) is 56.2 Å². The molecular formula is C17H23NO4. The smallest absolute Gasteiger partial charge is 0.303 e. The van der Waals surface area contributed by atoms with Crippen LogP contribution >= 0.6 is 0 Å². The normalized spacial score (nSPS) is 22.7. The number of aliphatic carboxylic acids is 2. The van der Waals surface area contributed by atoms with E-state index in [1.807, 2.05) is 0 Å². The Balaban J connectivity index is 0.000000192. The van der Waals surface area contributed by atoms with Crippen LogP contribution in [-0.4, -0.2) is 33.9 Å². The summed E-state index contributed by atoms with van der Waals surface area (Å²) in [7, 11) is 0. The van der Waals surface area contributed by atoms with Crippen molar-refractivity contribution in [3.63, 3.8) is 0 Å². The van der Waals surface area contributed by atoms with Crippen LogP contribution in [0.1, 0.15) is 57.8 Å². The monoisotopic (exact) mass is 305 g/mol. The number of hydrogen-bond donors (Lipinski definition) is 2. The van der Waals surface area contributed by atoms with Gasteiger partial charge in [0, 0.05) is 5.71 Å². The zero-order chi connectivity index (χ0) is 15.9. The molecule has 0 bridgehead atoms. The second kappa shape index (κ2) is 7.92. The van der Waals surface area contributed by atoms with Crippen LogP contribution in [0.25, 0.3) is 0 Å². The Bertz CT molecular complexity index is 517. The van der Waals surface area contributed by atoms with Crippen LogP contribution < -0.4 is 0 Å². The lowest BCUT2D eigenvalue weighted by molar-refractivity contribution is -0.143. The Morgan fingerprint density at radius 2 is 1.82 bits per heavy atom. The number of nitrogens with zero attached hydrogens (tertiary/aromatic N) is 1. The van der Waals surface area contributed by atoms with E-state index < -0.39 is 11.9 Å². The highest BCUT2D eigenvalue weighted by atomic mass is 16.4. The number of dihydropyridines is 1. The molecule has 1 unspecified atom stereocenters. The Morgan fingerprint density at radius 3 is 2.50 bits per heavy atom. The van der Waals surface area contributed by atoms with Gasteiger partial charge >= 0.3 is 11.9 Å². The Kier molecular flexibility index (Phi) is 5.92. The molecule has 2 aliphatic carbocycles. The van der Waals surface area contributed by atoms with Crippen molar-refractivity contribution in [1.82, 2.24) is 0 Å². The lowest BCUT2D eigenvalue weighted by Crippen LogP contribution is -2.22. The molecule has 2 N–H and O–H groups in total. The second-order valence-corrected chi connectivity index (χ2v) is 5.90. The molecule has 5 nitrogen and oxygen atoms in total. The third-order valence-electron chi connectivity index (χ3n) is 4.14. The van der Waals surface area contributed by atoms with E-state index in [1.54, 1.807) is 5.57 Å². The van der Waals surface area contributed by atoms with E-state index in [0.29, 0.717) is 6.04 Å². The van der Waals surface area contributed by atoms with Crippen molar-refractivity contribution in [3.05, 3.63) is 23.3 Å². The van der Waals surface area contributed by atoms with Gasteiger partial charge in [-0.2, -0.15) is 0 Å².